The minimum atomic E-state index is -0.1000. The van der Waals surface area contributed by atoms with E-state index in [0.29, 0.717) is 0 Å². The highest BCUT2D eigenvalue weighted by Crippen LogP contribution is 2.37. The van der Waals surface area contributed by atoms with Crippen LogP contribution < -0.4 is 24.3 Å². The molecule has 0 unspecified atom stereocenters. The second-order valence-corrected chi connectivity index (χ2v) is 9.36. The number of hydrogen-bond donors (Lipinski definition) is 1. The molecule has 0 aliphatic rings. The van der Waals surface area contributed by atoms with Crippen LogP contribution in [0.15, 0.2) is 64.4 Å². The zero-order chi connectivity index (χ0) is 24.5. The normalized spacial score (nSPS) is 10.5. The first kappa shape index (κ1) is 25.6. The van der Waals surface area contributed by atoms with E-state index in [4.69, 9.17) is 18.9 Å². The van der Waals surface area contributed by atoms with Gasteiger partial charge in [-0.05, 0) is 47.5 Å². The van der Waals surface area contributed by atoms with Gasteiger partial charge in [-0.1, -0.05) is 6.07 Å². The number of carbonyl (C=O) groups is 1. The summed E-state index contributed by atoms with van der Waals surface area (Å²) in [7, 11) is 6.57. The van der Waals surface area contributed by atoms with Gasteiger partial charge in [0.1, 0.15) is 23.0 Å². The Morgan fingerprint density at radius 2 is 1.18 bits per heavy atom. The van der Waals surface area contributed by atoms with E-state index >= 15 is 0 Å². The average molecular weight is 500 g/mol. The van der Waals surface area contributed by atoms with Crippen molar-refractivity contribution in [2.75, 3.05) is 33.8 Å². The summed E-state index contributed by atoms with van der Waals surface area (Å²) in [6.45, 7) is 1.51. The van der Waals surface area contributed by atoms with Gasteiger partial charge in [-0.15, -0.1) is 23.5 Å². The maximum Gasteiger partial charge on any atom is 0.221 e. The van der Waals surface area contributed by atoms with Crippen LogP contribution in [0.1, 0.15) is 18.1 Å². The van der Waals surface area contributed by atoms with Crippen molar-refractivity contribution in [3.63, 3.8) is 0 Å². The van der Waals surface area contributed by atoms with Crippen molar-refractivity contribution in [1.82, 2.24) is 0 Å². The lowest BCUT2D eigenvalue weighted by atomic mass is 10.1. The van der Waals surface area contributed by atoms with Crippen molar-refractivity contribution >= 4 is 35.1 Å². The van der Waals surface area contributed by atoms with E-state index in [1.54, 1.807) is 52.0 Å². The summed E-state index contributed by atoms with van der Waals surface area (Å²) in [6, 6.07) is 17.8. The number of thioether (sulfide) groups is 2. The van der Waals surface area contributed by atoms with E-state index in [1.807, 2.05) is 48.5 Å². The van der Waals surface area contributed by atoms with Crippen LogP contribution in [0.3, 0.4) is 0 Å². The van der Waals surface area contributed by atoms with Gasteiger partial charge in [-0.3, -0.25) is 4.79 Å². The molecule has 0 aromatic heterocycles. The summed E-state index contributed by atoms with van der Waals surface area (Å²) >= 11 is 3.34. The molecule has 34 heavy (non-hydrogen) atoms. The fourth-order valence-electron chi connectivity index (χ4n) is 3.32. The smallest absolute Gasteiger partial charge is 0.221 e. The highest BCUT2D eigenvalue weighted by atomic mass is 32.2. The van der Waals surface area contributed by atoms with E-state index in [-0.39, 0.29) is 5.91 Å². The fourth-order valence-corrected chi connectivity index (χ4v) is 5.19. The summed E-state index contributed by atoms with van der Waals surface area (Å²) in [5, 5.41) is 2.92. The molecule has 0 aliphatic carbocycles. The summed E-state index contributed by atoms with van der Waals surface area (Å²) in [4.78, 5) is 13.7. The van der Waals surface area contributed by atoms with Crippen LogP contribution in [0.2, 0.25) is 0 Å². The second kappa shape index (κ2) is 12.5. The van der Waals surface area contributed by atoms with Crippen molar-refractivity contribution in [1.29, 1.82) is 0 Å². The first-order chi connectivity index (χ1) is 16.4. The van der Waals surface area contributed by atoms with Crippen LogP contribution in [0.5, 0.6) is 23.0 Å². The maximum absolute atomic E-state index is 11.7. The van der Waals surface area contributed by atoms with Gasteiger partial charge in [0, 0.05) is 46.0 Å². The number of amides is 1. The zero-order valence-electron chi connectivity index (χ0n) is 20.0. The van der Waals surface area contributed by atoms with E-state index in [9.17, 15) is 4.79 Å². The van der Waals surface area contributed by atoms with Gasteiger partial charge in [0.15, 0.2) is 0 Å². The zero-order valence-corrected chi connectivity index (χ0v) is 21.6. The van der Waals surface area contributed by atoms with E-state index < -0.39 is 0 Å². The van der Waals surface area contributed by atoms with Crippen LogP contribution >= 0.6 is 23.5 Å². The fraction of sp³-hybridized carbons (Fsp3) is 0.269. The van der Waals surface area contributed by atoms with Crippen LogP contribution in [-0.2, 0) is 16.3 Å². The number of methoxy groups -OCH3 is 4. The average Bonchev–Trinajstić information content (AvgIpc) is 2.85. The monoisotopic (exact) mass is 499 g/mol. The third-order valence-corrected chi connectivity index (χ3v) is 7.16. The predicted octanol–water partition coefficient (Wildman–Crippen LogP) is 6.26. The molecular weight excluding hydrogens is 470 g/mol. The highest BCUT2D eigenvalue weighted by Gasteiger charge is 2.10. The van der Waals surface area contributed by atoms with E-state index in [0.717, 1.165) is 61.1 Å². The number of carbonyl (C=O) groups excluding carboxylic acids is 1. The van der Waals surface area contributed by atoms with Crippen molar-refractivity contribution in [2.24, 2.45) is 0 Å². The summed E-state index contributed by atoms with van der Waals surface area (Å²) in [5.41, 5.74) is 2.99. The Balaban J connectivity index is 1.79. The van der Waals surface area contributed by atoms with Gasteiger partial charge < -0.3 is 24.3 Å². The molecule has 0 bridgehead atoms. The molecular formula is C26H29NO5S2. The molecule has 3 aromatic rings. The van der Waals surface area contributed by atoms with E-state index in [2.05, 4.69) is 11.4 Å². The van der Waals surface area contributed by atoms with Crippen LogP contribution in [-0.4, -0.2) is 34.3 Å². The van der Waals surface area contributed by atoms with Gasteiger partial charge >= 0.3 is 0 Å². The van der Waals surface area contributed by atoms with Gasteiger partial charge in [0.25, 0.3) is 0 Å². The standard InChI is InChI=1S/C26H29NO5S2/c1-17(28)27-20-11-18(15-33-25-8-6-21(29-2)13-23(25)31-4)10-19(12-20)16-34-26-9-7-22(30-3)14-24(26)32-5/h6-14H,15-16H2,1-5H3,(H,27,28). The molecule has 1 N–H and O–H groups in total. The first-order valence-corrected chi connectivity index (χ1v) is 12.5. The Labute approximate surface area is 209 Å². The Kier molecular flexibility index (Phi) is 9.42. The lowest BCUT2D eigenvalue weighted by Crippen LogP contribution is -2.06. The van der Waals surface area contributed by atoms with Crippen molar-refractivity contribution < 1.29 is 23.7 Å². The summed E-state index contributed by atoms with van der Waals surface area (Å²) in [6.07, 6.45) is 0. The number of hydrogen-bond acceptors (Lipinski definition) is 7. The lowest BCUT2D eigenvalue weighted by molar-refractivity contribution is -0.114. The first-order valence-electron chi connectivity index (χ1n) is 10.6. The SMILES string of the molecule is COc1ccc(SCc2cc(CSc3ccc(OC)cc3OC)cc(NC(C)=O)c2)c(OC)c1. The molecule has 3 rings (SSSR count). The third kappa shape index (κ3) is 7.01. The Bertz CT molecular complexity index is 1060. The molecule has 6 nitrogen and oxygen atoms in total. The van der Waals surface area contributed by atoms with Crippen molar-refractivity contribution in [3.05, 3.63) is 65.7 Å². The molecule has 0 atom stereocenters. The number of ether oxygens (including phenoxy) is 4. The molecule has 0 heterocycles. The molecule has 3 aromatic carbocycles. The summed E-state index contributed by atoms with van der Waals surface area (Å²) in [5.74, 6) is 4.38. The molecule has 8 heteroatoms. The van der Waals surface area contributed by atoms with Crippen molar-refractivity contribution in [3.8, 4) is 23.0 Å². The van der Waals surface area contributed by atoms with Gasteiger partial charge in [-0.2, -0.15) is 0 Å². The van der Waals surface area contributed by atoms with Crippen molar-refractivity contribution in [2.45, 2.75) is 28.2 Å². The van der Waals surface area contributed by atoms with Crippen LogP contribution in [0, 0.1) is 0 Å². The largest absolute Gasteiger partial charge is 0.497 e. The molecule has 0 spiro atoms. The Morgan fingerprint density at radius 1 is 0.706 bits per heavy atom. The molecule has 0 saturated carbocycles. The maximum atomic E-state index is 11.7. The Morgan fingerprint density at radius 3 is 1.56 bits per heavy atom. The van der Waals surface area contributed by atoms with Gasteiger partial charge in [-0.25, -0.2) is 0 Å². The van der Waals surface area contributed by atoms with Crippen LogP contribution in [0.4, 0.5) is 5.69 Å². The predicted molar refractivity (Wildman–Crippen MR) is 139 cm³/mol. The number of benzene rings is 3. The molecule has 0 radical (unpaired) electrons. The third-order valence-electron chi connectivity index (χ3n) is 4.90. The number of nitrogens with one attached hydrogen (secondary N) is 1. The van der Waals surface area contributed by atoms with Crippen LogP contribution in [0.25, 0.3) is 0 Å². The summed E-state index contributed by atoms with van der Waals surface area (Å²) < 4.78 is 21.6. The minimum Gasteiger partial charge on any atom is -0.497 e. The number of anilines is 1. The topological polar surface area (TPSA) is 66.0 Å². The lowest BCUT2D eigenvalue weighted by Gasteiger charge is -2.13. The Hall–Kier alpha value is -2.97. The second-order valence-electron chi connectivity index (χ2n) is 7.33. The minimum absolute atomic E-state index is 0.1000. The van der Waals surface area contributed by atoms with Gasteiger partial charge in [0.05, 0.1) is 28.4 Å². The molecule has 0 saturated heterocycles. The molecule has 0 fully saturated rings. The quantitative estimate of drug-likeness (QED) is 0.312. The number of rotatable bonds is 11. The molecule has 180 valence electrons. The molecule has 1 amide bonds. The van der Waals surface area contributed by atoms with E-state index in [1.165, 1.54) is 6.92 Å². The highest BCUT2D eigenvalue weighted by molar-refractivity contribution is 7.98. The molecule has 0 aliphatic heterocycles. The van der Waals surface area contributed by atoms with Gasteiger partial charge in [0.2, 0.25) is 5.91 Å².